The third-order valence-corrected chi connectivity index (χ3v) is 4.09. The van der Waals surface area contributed by atoms with Crippen molar-refractivity contribution in [1.82, 2.24) is 9.80 Å². The number of benzene rings is 1. The van der Waals surface area contributed by atoms with Crippen LogP contribution in [-0.2, 0) is 0 Å². The van der Waals surface area contributed by atoms with Crippen LogP contribution in [0.1, 0.15) is 35.2 Å². The van der Waals surface area contributed by atoms with E-state index in [-0.39, 0.29) is 5.91 Å². The Morgan fingerprint density at radius 3 is 2.33 bits per heavy atom. The van der Waals surface area contributed by atoms with Gasteiger partial charge in [0.15, 0.2) is 0 Å². The summed E-state index contributed by atoms with van der Waals surface area (Å²) in [5.41, 5.74) is 1.97. The van der Waals surface area contributed by atoms with E-state index in [1.807, 2.05) is 36.1 Å². The molecule has 1 saturated heterocycles. The van der Waals surface area contributed by atoms with Gasteiger partial charge < -0.3 is 10.0 Å². The van der Waals surface area contributed by atoms with Crippen molar-refractivity contribution < 1.29 is 9.90 Å². The van der Waals surface area contributed by atoms with Crippen molar-refractivity contribution in [2.75, 3.05) is 39.3 Å². The standard InChI is InChI=1S/C17H26N2O2/c1-15-5-7-16(8-6-15)17(21)19-12-10-18(11-13-19)9-3-2-4-14-20/h5-8,20H,2-4,9-14H2,1H3. The van der Waals surface area contributed by atoms with Crippen LogP contribution in [0.3, 0.4) is 0 Å². The minimum atomic E-state index is 0.148. The number of nitrogens with zero attached hydrogens (tertiary/aromatic N) is 2. The molecule has 1 heterocycles. The first-order valence-corrected chi connectivity index (χ1v) is 7.90. The summed E-state index contributed by atoms with van der Waals surface area (Å²) in [6.07, 6.45) is 3.11. The number of carbonyl (C=O) groups is 1. The van der Waals surface area contributed by atoms with E-state index in [1.165, 1.54) is 5.56 Å². The van der Waals surface area contributed by atoms with E-state index in [0.717, 1.165) is 57.5 Å². The Morgan fingerprint density at radius 2 is 1.71 bits per heavy atom. The largest absolute Gasteiger partial charge is 0.396 e. The molecule has 1 aromatic rings. The predicted molar refractivity (Wildman–Crippen MR) is 84.5 cm³/mol. The molecule has 0 unspecified atom stereocenters. The number of rotatable bonds is 6. The van der Waals surface area contributed by atoms with Crippen LogP contribution in [0.5, 0.6) is 0 Å². The van der Waals surface area contributed by atoms with E-state index >= 15 is 0 Å². The van der Waals surface area contributed by atoms with Gasteiger partial charge in [-0.2, -0.15) is 0 Å². The van der Waals surface area contributed by atoms with Gasteiger partial charge in [0, 0.05) is 38.3 Å². The minimum absolute atomic E-state index is 0.148. The highest BCUT2D eigenvalue weighted by Gasteiger charge is 2.21. The molecule has 1 fully saturated rings. The molecule has 1 aliphatic heterocycles. The van der Waals surface area contributed by atoms with Crippen LogP contribution in [0.4, 0.5) is 0 Å². The Balaban J connectivity index is 1.75. The molecule has 0 saturated carbocycles. The lowest BCUT2D eigenvalue weighted by Crippen LogP contribution is -2.48. The summed E-state index contributed by atoms with van der Waals surface area (Å²) < 4.78 is 0. The summed E-state index contributed by atoms with van der Waals surface area (Å²) in [5.74, 6) is 0.148. The SMILES string of the molecule is Cc1ccc(C(=O)N2CCN(CCCCCO)CC2)cc1. The summed E-state index contributed by atoms with van der Waals surface area (Å²) in [4.78, 5) is 16.8. The molecule has 1 aliphatic rings. The molecule has 4 heteroatoms. The van der Waals surface area contributed by atoms with Gasteiger partial charge in [0.05, 0.1) is 0 Å². The number of carbonyl (C=O) groups excluding carboxylic acids is 1. The molecular weight excluding hydrogens is 264 g/mol. The Bertz CT molecular complexity index is 437. The van der Waals surface area contributed by atoms with Crippen molar-refractivity contribution in [3.63, 3.8) is 0 Å². The topological polar surface area (TPSA) is 43.8 Å². The molecular formula is C17H26N2O2. The highest BCUT2D eigenvalue weighted by atomic mass is 16.2. The molecule has 4 nitrogen and oxygen atoms in total. The van der Waals surface area contributed by atoms with Crippen LogP contribution < -0.4 is 0 Å². The number of piperazine rings is 1. The van der Waals surface area contributed by atoms with Gasteiger partial charge >= 0.3 is 0 Å². The highest BCUT2D eigenvalue weighted by Crippen LogP contribution is 2.10. The van der Waals surface area contributed by atoms with Gasteiger partial charge in [-0.05, 0) is 44.9 Å². The molecule has 2 rings (SSSR count). The van der Waals surface area contributed by atoms with Gasteiger partial charge in [-0.25, -0.2) is 0 Å². The van der Waals surface area contributed by atoms with E-state index in [1.54, 1.807) is 0 Å². The fourth-order valence-electron chi connectivity index (χ4n) is 2.68. The van der Waals surface area contributed by atoms with Crippen LogP contribution in [0.25, 0.3) is 0 Å². The maximum Gasteiger partial charge on any atom is 0.253 e. The smallest absolute Gasteiger partial charge is 0.253 e. The molecule has 0 radical (unpaired) electrons. The second-order valence-corrected chi connectivity index (χ2v) is 5.78. The van der Waals surface area contributed by atoms with Crippen molar-refractivity contribution in [2.24, 2.45) is 0 Å². The van der Waals surface area contributed by atoms with Gasteiger partial charge in [-0.15, -0.1) is 0 Å². The van der Waals surface area contributed by atoms with E-state index in [9.17, 15) is 4.79 Å². The van der Waals surface area contributed by atoms with Gasteiger partial charge in [0.2, 0.25) is 0 Å². The monoisotopic (exact) mass is 290 g/mol. The van der Waals surface area contributed by atoms with Crippen molar-refractivity contribution in [1.29, 1.82) is 0 Å². The number of hydrogen-bond acceptors (Lipinski definition) is 3. The second-order valence-electron chi connectivity index (χ2n) is 5.78. The molecule has 0 aromatic heterocycles. The fraction of sp³-hybridized carbons (Fsp3) is 0.588. The van der Waals surface area contributed by atoms with Crippen LogP contribution in [0, 0.1) is 6.92 Å². The van der Waals surface area contributed by atoms with Crippen LogP contribution >= 0.6 is 0 Å². The number of aliphatic hydroxyl groups is 1. The van der Waals surface area contributed by atoms with Crippen LogP contribution in [0.2, 0.25) is 0 Å². The first-order chi connectivity index (χ1) is 10.2. The number of amides is 1. The zero-order chi connectivity index (χ0) is 15.1. The summed E-state index contributed by atoms with van der Waals surface area (Å²) in [6.45, 7) is 6.93. The second kappa shape index (κ2) is 8.15. The highest BCUT2D eigenvalue weighted by molar-refractivity contribution is 5.94. The van der Waals surface area contributed by atoms with Crippen molar-refractivity contribution in [2.45, 2.75) is 26.2 Å². The number of unbranched alkanes of at least 4 members (excludes halogenated alkanes) is 2. The fourth-order valence-corrected chi connectivity index (χ4v) is 2.68. The zero-order valence-electron chi connectivity index (χ0n) is 12.9. The molecule has 0 spiro atoms. The average molecular weight is 290 g/mol. The van der Waals surface area contributed by atoms with Crippen LogP contribution in [-0.4, -0.2) is 60.1 Å². The normalized spacial score (nSPS) is 16.2. The first-order valence-electron chi connectivity index (χ1n) is 7.90. The van der Waals surface area contributed by atoms with Gasteiger partial charge in [-0.3, -0.25) is 9.69 Å². The Labute approximate surface area is 127 Å². The van der Waals surface area contributed by atoms with E-state index in [4.69, 9.17) is 5.11 Å². The number of hydrogen-bond donors (Lipinski definition) is 1. The lowest BCUT2D eigenvalue weighted by Gasteiger charge is -2.34. The average Bonchev–Trinajstić information content (AvgIpc) is 2.52. The lowest BCUT2D eigenvalue weighted by atomic mass is 10.1. The molecule has 21 heavy (non-hydrogen) atoms. The molecule has 116 valence electrons. The molecule has 1 N–H and O–H groups in total. The molecule has 0 atom stereocenters. The van der Waals surface area contributed by atoms with E-state index < -0.39 is 0 Å². The van der Waals surface area contributed by atoms with E-state index in [2.05, 4.69) is 4.90 Å². The summed E-state index contributed by atoms with van der Waals surface area (Å²) >= 11 is 0. The Kier molecular flexibility index (Phi) is 6.21. The number of aryl methyl sites for hydroxylation is 1. The molecule has 1 aromatic carbocycles. The third kappa shape index (κ3) is 4.83. The van der Waals surface area contributed by atoms with Crippen molar-refractivity contribution in [3.05, 3.63) is 35.4 Å². The molecule has 0 aliphatic carbocycles. The van der Waals surface area contributed by atoms with Gasteiger partial charge in [-0.1, -0.05) is 17.7 Å². The third-order valence-electron chi connectivity index (χ3n) is 4.09. The summed E-state index contributed by atoms with van der Waals surface area (Å²) in [7, 11) is 0. The summed E-state index contributed by atoms with van der Waals surface area (Å²) in [5, 5.41) is 8.77. The molecule has 0 bridgehead atoms. The molecule has 1 amide bonds. The predicted octanol–water partition coefficient (Wildman–Crippen LogP) is 1.92. The Hall–Kier alpha value is -1.39. The Morgan fingerprint density at radius 1 is 1.05 bits per heavy atom. The van der Waals surface area contributed by atoms with Crippen LogP contribution in [0.15, 0.2) is 24.3 Å². The summed E-state index contributed by atoms with van der Waals surface area (Å²) in [6, 6.07) is 7.81. The minimum Gasteiger partial charge on any atom is -0.396 e. The van der Waals surface area contributed by atoms with Crippen molar-refractivity contribution in [3.8, 4) is 0 Å². The van der Waals surface area contributed by atoms with Gasteiger partial charge in [0.25, 0.3) is 5.91 Å². The maximum absolute atomic E-state index is 12.4. The van der Waals surface area contributed by atoms with Gasteiger partial charge in [0.1, 0.15) is 0 Å². The quantitative estimate of drug-likeness (QED) is 0.814. The maximum atomic E-state index is 12.4. The lowest BCUT2D eigenvalue weighted by molar-refractivity contribution is 0.0634. The van der Waals surface area contributed by atoms with Crippen molar-refractivity contribution >= 4 is 5.91 Å². The van der Waals surface area contributed by atoms with E-state index in [0.29, 0.717) is 6.61 Å². The zero-order valence-corrected chi connectivity index (χ0v) is 12.9. The number of aliphatic hydroxyl groups excluding tert-OH is 1. The first kappa shape index (κ1) is 16.0.